The summed E-state index contributed by atoms with van der Waals surface area (Å²) in [5.41, 5.74) is 0. The van der Waals surface area contributed by atoms with Crippen LogP contribution in [0.4, 0.5) is 4.79 Å². The van der Waals surface area contributed by atoms with Gasteiger partial charge in [0.1, 0.15) is 0 Å². The summed E-state index contributed by atoms with van der Waals surface area (Å²) in [6, 6.07) is -0.476. The summed E-state index contributed by atoms with van der Waals surface area (Å²) in [4.78, 5) is 24.9. The summed E-state index contributed by atoms with van der Waals surface area (Å²) < 4.78 is 0. The maximum absolute atomic E-state index is 11.7. The quantitative estimate of drug-likeness (QED) is 0.693. The van der Waals surface area contributed by atoms with Gasteiger partial charge in [0.15, 0.2) is 0 Å². The number of urea groups is 1. The molecular formula is C13H25N3O3. The Morgan fingerprint density at radius 3 is 2.53 bits per heavy atom. The molecule has 1 aliphatic rings. The van der Waals surface area contributed by atoms with Crippen molar-refractivity contribution in [3.8, 4) is 0 Å². The number of nitrogens with zero attached hydrogens (tertiary/aromatic N) is 1. The average molecular weight is 271 g/mol. The van der Waals surface area contributed by atoms with Gasteiger partial charge in [-0.15, -0.1) is 0 Å². The van der Waals surface area contributed by atoms with Crippen LogP contribution in [0.2, 0.25) is 0 Å². The number of aliphatic hydroxyl groups excluding tert-OH is 1. The minimum absolute atomic E-state index is 0.00709. The lowest BCUT2D eigenvalue weighted by molar-refractivity contribution is -0.122. The first-order valence-corrected chi connectivity index (χ1v) is 6.88. The highest BCUT2D eigenvalue weighted by atomic mass is 16.3. The van der Waals surface area contributed by atoms with Gasteiger partial charge >= 0.3 is 6.03 Å². The van der Waals surface area contributed by atoms with Crippen molar-refractivity contribution in [3.63, 3.8) is 0 Å². The maximum Gasteiger partial charge on any atom is 0.321 e. The minimum Gasteiger partial charge on any atom is -0.391 e. The third-order valence-electron chi connectivity index (χ3n) is 3.33. The van der Waals surface area contributed by atoms with Crippen LogP contribution in [0.1, 0.15) is 39.5 Å². The zero-order valence-corrected chi connectivity index (χ0v) is 12.0. The monoisotopic (exact) mass is 271 g/mol. The van der Waals surface area contributed by atoms with E-state index in [-0.39, 0.29) is 30.6 Å². The zero-order chi connectivity index (χ0) is 14.4. The molecule has 0 aromatic carbocycles. The lowest BCUT2D eigenvalue weighted by Gasteiger charge is -2.34. The van der Waals surface area contributed by atoms with Gasteiger partial charge in [-0.2, -0.15) is 0 Å². The molecule has 0 heterocycles. The number of amides is 3. The Hall–Kier alpha value is -1.14. The first-order chi connectivity index (χ1) is 8.90. The number of aliphatic hydroxyl groups is 1. The smallest absolute Gasteiger partial charge is 0.321 e. The highest BCUT2D eigenvalue weighted by molar-refractivity contribution is 5.95. The molecule has 0 bridgehead atoms. The third-order valence-corrected chi connectivity index (χ3v) is 3.33. The van der Waals surface area contributed by atoms with Crippen LogP contribution in [-0.4, -0.2) is 53.7 Å². The molecule has 1 saturated carbocycles. The van der Waals surface area contributed by atoms with E-state index in [1.165, 1.54) is 0 Å². The Balaban J connectivity index is 2.36. The molecule has 1 fully saturated rings. The molecule has 0 aliphatic heterocycles. The van der Waals surface area contributed by atoms with Gasteiger partial charge in [0.2, 0.25) is 5.91 Å². The van der Waals surface area contributed by atoms with Crippen molar-refractivity contribution in [1.82, 2.24) is 15.5 Å². The summed E-state index contributed by atoms with van der Waals surface area (Å²) in [5.74, 6) is -0.349. The topological polar surface area (TPSA) is 81.7 Å². The summed E-state index contributed by atoms with van der Waals surface area (Å²) in [7, 11) is 1.80. The lowest BCUT2D eigenvalue weighted by Crippen LogP contribution is -2.50. The lowest BCUT2D eigenvalue weighted by atomic mass is 9.91. The highest BCUT2D eigenvalue weighted by Gasteiger charge is 2.27. The van der Waals surface area contributed by atoms with E-state index in [0.29, 0.717) is 0 Å². The van der Waals surface area contributed by atoms with E-state index in [4.69, 9.17) is 0 Å². The molecule has 0 spiro atoms. The number of likely N-dealkylation sites (N-methyl/N-ethyl adjacent to an activating group) is 1. The van der Waals surface area contributed by atoms with E-state index in [2.05, 4.69) is 10.6 Å². The number of imide groups is 1. The molecule has 0 aromatic heterocycles. The molecule has 6 nitrogen and oxygen atoms in total. The second kappa shape index (κ2) is 7.45. The summed E-state index contributed by atoms with van der Waals surface area (Å²) in [6.45, 7) is 3.77. The van der Waals surface area contributed by atoms with Gasteiger partial charge in [-0.05, 0) is 33.7 Å². The molecule has 0 radical (unpaired) electrons. The fourth-order valence-corrected chi connectivity index (χ4v) is 2.41. The van der Waals surface area contributed by atoms with Gasteiger partial charge in [-0.3, -0.25) is 15.0 Å². The fourth-order valence-electron chi connectivity index (χ4n) is 2.41. The normalized spacial score (nSPS) is 23.5. The second-order valence-corrected chi connectivity index (χ2v) is 5.51. The Morgan fingerprint density at radius 1 is 1.32 bits per heavy atom. The van der Waals surface area contributed by atoms with Crippen LogP contribution in [0.25, 0.3) is 0 Å². The first-order valence-electron chi connectivity index (χ1n) is 6.88. The summed E-state index contributed by atoms with van der Waals surface area (Å²) in [6.07, 6.45) is 3.40. The van der Waals surface area contributed by atoms with Gasteiger partial charge in [0, 0.05) is 12.1 Å². The van der Waals surface area contributed by atoms with Crippen LogP contribution in [-0.2, 0) is 4.79 Å². The number of rotatable bonds is 4. The number of nitrogens with one attached hydrogen (secondary N) is 2. The average Bonchev–Trinajstić information content (AvgIpc) is 2.27. The molecule has 19 heavy (non-hydrogen) atoms. The Morgan fingerprint density at radius 2 is 1.95 bits per heavy atom. The Labute approximate surface area is 114 Å². The van der Waals surface area contributed by atoms with Crippen molar-refractivity contribution in [2.24, 2.45) is 0 Å². The second-order valence-electron chi connectivity index (χ2n) is 5.51. The van der Waals surface area contributed by atoms with Gasteiger partial charge < -0.3 is 10.4 Å². The van der Waals surface area contributed by atoms with E-state index < -0.39 is 6.03 Å². The van der Waals surface area contributed by atoms with Gasteiger partial charge in [0.25, 0.3) is 0 Å². The zero-order valence-electron chi connectivity index (χ0n) is 12.0. The molecule has 0 saturated heterocycles. The molecule has 110 valence electrons. The molecule has 3 amide bonds. The number of carbonyl (C=O) groups is 2. The van der Waals surface area contributed by atoms with Crippen molar-refractivity contribution >= 4 is 11.9 Å². The van der Waals surface area contributed by atoms with E-state index in [1.807, 2.05) is 18.7 Å². The van der Waals surface area contributed by atoms with Crippen LogP contribution in [0.15, 0.2) is 0 Å². The number of hydrogen-bond donors (Lipinski definition) is 3. The van der Waals surface area contributed by atoms with Gasteiger partial charge in [-0.1, -0.05) is 12.8 Å². The molecule has 1 aliphatic carbocycles. The molecule has 1 rings (SSSR count). The molecule has 0 aromatic rings. The third kappa shape index (κ3) is 5.57. The standard InChI is InChI=1S/C13H25N3O3/c1-9(2)14-13(19)15-12(18)8-16(3)10-6-4-5-7-11(10)17/h9-11,17H,4-8H2,1-3H3,(H2,14,15,18,19). The van der Waals surface area contributed by atoms with Crippen LogP contribution in [0.3, 0.4) is 0 Å². The Bertz CT molecular complexity index is 320. The van der Waals surface area contributed by atoms with Gasteiger partial charge in [0.05, 0.1) is 12.6 Å². The molecule has 2 unspecified atom stereocenters. The Kier molecular flexibility index (Phi) is 6.24. The summed E-state index contributed by atoms with van der Waals surface area (Å²) in [5, 5.41) is 14.8. The minimum atomic E-state index is -0.474. The van der Waals surface area contributed by atoms with E-state index >= 15 is 0 Å². The van der Waals surface area contributed by atoms with E-state index in [1.54, 1.807) is 7.05 Å². The molecular weight excluding hydrogens is 246 g/mol. The SMILES string of the molecule is CC(C)NC(=O)NC(=O)CN(C)C1CCCCC1O. The van der Waals surface area contributed by atoms with Crippen LogP contribution >= 0.6 is 0 Å². The first kappa shape index (κ1) is 15.9. The molecule has 2 atom stereocenters. The van der Waals surface area contributed by atoms with Crippen LogP contribution in [0.5, 0.6) is 0 Å². The van der Waals surface area contributed by atoms with Crippen molar-refractivity contribution in [3.05, 3.63) is 0 Å². The van der Waals surface area contributed by atoms with Crippen molar-refractivity contribution < 1.29 is 14.7 Å². The molecule has 3 N–H and O–H groups in total. The molecule has 6 heteroatoms. The van der Waals surface area contributed by atoms with Gasteiger partial charge in [-0.25, -0.2) is 4.79 Å². The highest BCUT2D eigenvalue weighted by Crippen LogP contribution is 2.21. The van der Waals surface area contributed by atoms with E-state index in [9.17, 15) is 14.7 Å². The van der Waals surface area contributed by atoms with Crippen LogP contribution < -0.4 is 10.6 Å². The number of hydrogen-bond acceptors (Lipinski definition) is 4. The van der Waals surface area contributed by atoms with Crippen LogP contribution in [0, 0.1) is 0 Å². The summed E-state index contributed by atoms with van der Waals surface area (Å²) >= 11 is 0. The van der Waals surface area contributed by atoms with E-state index in [0.717, 1.165) is 25.7 Å². The van der Waals surface area contributed by atoms with Crippen molar-refractivity contribution in [2.75, 3.05) is 13.6 Å². The maximum atomic E-state index is 11.7. The predicted octanol–water partition coefficient (Wildman–Crippen LogP) is 0.456. The van der Waals surface area contributed by atoms with Crippen molar-refractivity contribution in [2.45, 2.75) is 57.7 Å². The number of carbonyl (C=O) groups excluding carboxylic acids is 2. The van der Waals surface area contributed by atoms with Crippen molar-refractivity contribution in [1.29, 1.82) is 0 Å². The largest absolute Gasteiger partial charge is 0.391 e. The fraction of sp³-hybridized carbons (Fsp3) is 0.846. The predicted molar refractivity (Wildman–Crippen MR) is 72.7 cm³/mol.